The topological polar surface area (TPSA) is 103 Å². The molecule has 1 aromatic heterocycles. The second kappa shape index (κ2) is 5.92. The number of carboxylic acids is 1. The molecule has 1 unspecified atom stereocenters. The second-order valence-electron chi connectivity index (χ2n) is 5.06. The van der Waals surface area contributed by atoms with E-state index >= 15 is 0 Å². The van der Waals surface area contributed by atoms with E-state index in [1.807, 2.05) is 0 Å². The number of sulfonamides is 1. The van der Waals surface area contributed by atoms with E-state index < -0.39 is 16.0 Å². The molecule has 0 saturated carbocycles. The first-order chi connectivity index (χ1) is 9.43. The number of carbonyl (C=O) groups is 1. The van der Waals surface area contributed by atoms with Gasteiger partial charge in [0.15, 0.2) is 0 Å². The van der Waals surface area contributed by atoms with E-state index in [2.05, 4.69) is 10.2 Å². The number of hydrogen-bond donors (Lipinski definition) is 2. The summed E-state index contributed by atoms with van der Waals surface area (Å²) in [6, 6.07) is -0.237. The van der Waals surface area contributed by atoms with Crippen molar-refractivity contribution in [3.63, 3.8) is 0 Å². The van der Waals surface area contributed by atoms with Crippen LogP contribution in [0.4, 0.5) is 0 Å². The summed E-state index contributed by atoms with van der Waals surface area (Å²) < 4.78 is 26.7. The van der Waals surface area contributed by atoms with Crippen LogP contribution in [0, 0.1) is 6.92 Å². The van der Waals surface area contributed by atoms with Gasteiger partial charge in [0.25, 0.3) is 0 Å². The largest absolute Gasteiger partial charge is 0.481 e. The molecule has 0 aromatic carbocycles. The highest BCUT2D eigenvalue weighted by atomic mass is 32.2. The molecule has 1 aromatic rings. The number of rotatable bonds is 5. The Labute approximate surface area is 118 Å². The van der Waals surface area contributed by atoms with Gasteiger partial charge in [0.05, 0.1) is 11.9 Å². The summed E-state index contributed by atoms with van der Waals surface area (Å²) in [4.78, 5) is 10.9. The van der Waals surface area contributed by atoms with Crippen molar-refractivity contribution in [3.8, 4) is 0 Å². The summed E-state index contributed by atoms with van der Waals surface area (Å²) in [5.41, 5.74) is 0.507. The number of piperidine rings is 1. The molecule has 7 nitrogen and oxygen atoms in total. The maximum absolute atomic E-state index is 12.6. The molecule has 0 spiro atoms. The second-order valence-corrected chi connectivity index (χ2v) is 6.92. The van der Waals surface area contributed by atoms with E-state index in [1.54, 1.807) is 6.92 Å². The first kappa shape index (κ1) is 15.0. The zero-order valence-electron chi connectivity index (χ0n) is 11.4. The monoisotopic (exact) mass is 301 g/mol. The number of hydrogen-bond acceptors (Lipinski definition) is 4. The SMILES string of the molecule is Cc1[nH]ncc1S(=O)(=O)N1CCCCC1CCC(=O)O. The van der Waals surface area contributed by atoms with Crippen LogP contribution in [0.2, 0.25) is 0 Å². The van der Waals surface area contributed by atoms with Gasteiger partial charge in [0.1, 0.15) is 4.90 Å². The van der Waals surface area contributed by atoms with Crippen LogP contribution in [0.1, 0.15) is 37.8 Å². The Bertz CT molecular complexity index is 581. The van der Waals surface area contributed by atoms with Crippen LogP contribution in [0.3, 0.4) is 0 Å². The van der Waals surface area contributed by atoms with Crippen molar-refractivity contribution in [3.05, 3.63) is 11.9 Å². The first-order valence-electron chi connectivity index (χ1n) is 6.66. The fourth-order valence-electron chi connectivity index (χ4n) is 2.60. The number of nitrogens with one attached hydrogen (secondary N) is 1. The lowest BCUT2D eigenvalue weighted by atomic mass is 10.0. The number of aliphatic carboxylic acids is 1. The Morgan fingerprint density at radius 3 is 2.90 bits per heavy atom. The minimum Gasteiger partial charge on any atom is -0.481 e. The van der Waals surface area contributed by atoms with Crippen molar-refractivity contribution >= 4 is 16.0 Å². The van der Waals surface area contributed by atoms with Crippen LogP contribution >= 0.6 is 0 Å². The molecule has 1 fully saturated rings. The van der Waals surface area contributed by atoms with Crippen molar-refractivity contribution in [2.45, 2.75) is 50.0 Å². The molecule has 0 radical (unpaired) electrons. The lowest BCUT2D eigenvalue weighted by Crippen LogP contribution is -2.43. The van der Waals surface area contributed by atoms with Crippen LogP contribution in [0.5, 0.6) is 0 Å². The molecule has 1 atom stereocenters. The van der Waals surface area contributed by atoms with Crippen LogP contribution in [-0.4, -0.2) is 46.6 Å². The van der Waals surface area contributed by atoms with Gasteiger partial charge < -0.3 is 5.11 Å². The normalized spacial score (nSPS) is 20.9. The standard InChI is InChI=1S/C12H19N3O4S/c1-9-11(8-13-14-9)20(18,19)15-7-3-2-4-10(15)5-6-12(16)17/h8,10H,2-7H2,1H3,(H,13,14)(H,16,17). The molecule has 20 heavy (non-hydrogen) atoms. The number of H-pyrrole nitrogens is 1. The third kappa shape index (κ3) is 3.01. The highest BCUT2D eigenvalue weighted by molar-refractivity contribution is 7.89. The molecule has 0 aliphatic carbocycles. The van der Waals surface area contributed by atoms with Gasteiger partial charge in [-0.1, -0.05) is 6.42 Å². The van der Waals surface area contributed by atoms with Gasteiger partial charge in [-0.15, -0.1) is 0 Å². The van der Waals surface area contributed by atoms with Gasteiger partial charge in [-0.2, -0.15) is 9.40 Å². The van der Waals surface area contributed by atoms with E-state index in [0.717, 1.165) is 12.8 Å². The number of carboxylic acid groups (broad SMARTS) is 1. The van der Waals surface area contributed by atoms with Gasteiger partial charge >= 0.3 is 5.97 Å². The van der Waals surface area contributed by atoms with Crippen molar-refractivity contribution in [1.29, 1.82) is 0 Å². The van der Waals surface area contributed by atoms with Crippen LogP contribution in [0.15, 0.2) is 11.1 Å². The average molecular weight is 301 g/mol. The predicted molar refractivity (Wildman–Crippen MR) is 71.7 cm³/mol. The molecule has 2 rings (SSSR count). The number of nitrogens with zero attached hydrogens (tertiary/aromatic N) is 2. The molecule has 1 saturated heterocycles. The van der Waals surface area contributed by atoms with Crippen molar-refractivity contribution < 1.29 is 18.3 Å². The molecule has 0 bridgehead atoms. The molecular formula is C12H19N3O4S. The highest BCUT2D eigenvalue weighted by Crippen LogP contribution is 2.28. The Morgan fingerprint density at radius 1 is 1.55 bits per heavy atom. The minimum absolute atomic E-state index is 0.0128. The molecular weight excluding hydrogens is 282 g/mol. The summed E-state index contributed by atoms with van der Waals surface area (Å²) >= 11 is 0. The van der Waals surface area contributed by atoms with Crippen molar-refractivity contribution in [2.24, 2.45) is 0 Å². The fraction of sp³-hybridized carbons (Fsp3) is 0.667. The van der Waals surface area contributed by atoms with E-state index in [0.29, 0.717) is 25.1 Å². The lowest BCUT2D eigenvalue weighted by Gasteiger charge is -2.34. The van der Waals surface area contributed by atoms with Crippen molar-refractivity contribution in [1.82, 2.24) is 14.5 Å². The smallest absolute Gasteiger partial charge is 0.303 e. The highest BCUT2D eigenvalue weighted by Gasteiger charge is 2.34. The van der Waals surface area contributed by atoms with E-state index in [-0.39, 0.29) is 17.4 Å². The van der Waals surface area contributed by atoms with Gasteiger partial charge in [-0.3, -0.25) is 9.89 Å². The van der Waals surface area contributed by atoms with Gasteiger partial charge in [-0.05, 0) is 26.2 Å². The summed E-state index contributed by atoms with van der Waals surface area (Å²) in [6.07, 6.45) is 4.10. The van der Waals surface area contributed by atoms with E-state index in [4.69, 9.17) is 5.11 Å². The van der Waals surface area contributed by atoms with Crippen LogP contribution in [0.25, 0.3) is 0 Å². The van der Waals surface area contributed by atoms with Gasteiger partial charge in [0.2, 0.25) is 10.0 Å². The van der Waals surface area contributed by atoms with Gasteiger partial charge in [-0.25, -0.2) is 8.42 Å². The predicted octanol–water partition coefficient (Wildman–Crippen LogP) is 1.13. The molecule has 112 valence electrons. The Hall–Kier alpha value is -1.41. The summed E-state index contributed by atoms with van der Waals surface area (Å²) in [5.74, 6) is -0.896. The van der Waals surface area contributed by atoms with Gasteiger partial charge in [0, 0.05) is 19.0 Å². The minimum atomic E-state index is -3.60. The lowest BCUT2D eigenvalue weighted by molar-refractivity contribution is -0.137. The Morgan fingerprint density at radius 2 is 2.30 bits per heavy atom. The molecule has 0 amide bonds. The van der Waals surface area contributed by atoms with Crippen LogP contribution in [-0.2, 0) is 14.8 Å². The maximum Gasteiger partial charge on any atom is 0.303 e. The zero-order chi connectivity index (χ0) is 14.8. The first-order valence-corrected chi connectivity index (χ1v) is 8.10. The molecule has 8 heteroatoms. The number of aromatic amines is 1. The number of aromatic nitrogens is 2. The fourth-order valence-corrected chi connectivity index (χ4v) is 4.44. The third-order valence-corrected chi connectivity index (χ3v) is 5.70. The average Bonchev–Trinajstić information content (AvgIpc) is 2.83. The summed E-state index contributed by atoms with van der Waals surface area (Å²) in [6.45, 7) is 2.10. The van der Waals surface area contributed by atoms with E-state index in [9.17, 15) is 13.2 Å². The van der Waals surface area contributed by atoms with Crippen LogP contribution < -0.4 is 0 Å². The number of aryl methyl sites for hydroxylation is 1. The third-order valence-electron chi connectivity index (χ3n) is 3.63. The zero-order valence-corrected chi connectivity index (χ0v) is 12.2. The molecule has 2 heterocycles. The quantitative estimate of drug-likeness (QED) is 0.848. The van der Waals surface area contributed by atoms with Crippen molar-refractivity contribution in [2.75, 3.05) is 6.54 Å². The van der Waals surface area contributed by atoms with E-state index in [1.165, 1.54) is 10.5 Å². The Balaban J connectivity index is 2.23. The molecule has 2 N–H and O–H groups in total. The summed E-state index contributed by atoms with van der Waals surface area (Å²) in [5, 5.41) is 15.2. The summed E-state index contributed by atoms with van der Waals surface area (Å²) in [7, 11) is -3.60. The Kier molecular flexibility index (Phi) is 4.44. The molecule has 1 aliphatic rings. The molecule has 1 aliphatic heterocycles. The maximum atomic E-state index is 12.6.